The number of fused-ring (bicyclic) bond motifs is 1. The van der Waals surface area contributed by atoms with Gasteiger partial charge in [-0.15, -0.1) is 0 Å². The molecule has 10 heteroatoms. The van der Waals surface area contributed by atoms with E-state index in [0.29, 0.717) is 6.07 Å². The lowest BCUT2D eigenvalue weighted by atomic mass is 10.1. The summed E-state index contributed by atoms with van der Waals surface area (Å²) in [6.07, 6.45) is -2.90. The summed E-state index contributed by atoms with van der Waals surface area (Å²) in [5, 5.41) is 4.94. The summed E-state index contributed by atoms with van der Waals surface area (Å²) in [5.74, 6) is -3.36. The van der Waals surface area contributed by atoms with E-state index in [1.165, 1.54) is 0 Å². The number of ether oxygens (including phenoxy) is 1. The Morgan fingerprint density at radius 2 is 1.88 bits per heavy atom. The second-order valence-electron chi connectivity index (χ2n) is 5.12. The Balaban J connectivity index is 2.10. The maximum absolute atomic E-state index is 14.4. The minimum Gasteiger partial charge on any atom is -0.455 e. The average Bonchev–Trinajstić information content (AvgIpc) is 2.67. The highest BCUT2D eigenvalue weighted by molar-refractivity contribution is 7.92. The highest BCUT2D eigenvalue weighted by Crippen LogP contribution is 2.51. The summed E-state index contributed by atoms with van der Waals surface area (Å²) in [7, 11) is -5.24. The molecule has 0 spiro atoms. The minimum absolute atomic E-state index is 0.147. The van der Waals surface area contributed by atoms with Crippen molar-refractivity contribution < 1.29 is 35.8 Å². The van der Waals surface area contributed by atoms with Gasteiger partial charge in [0.15, 0.2) is 23.4 Å². The molecule has 5 nitrogen and oxygen atoms in total. The Labute approximate surface area is 138 Å². The Kier molecular flexibility index (Phi) is 3.74. The van der Waals surface area contributed by atoms with Gasteiger partial charge in [0.05, 0.1) is 11.5 Å². The quantitative estimate of drug-likeness (QED) is 0.644. The van der Waals surface area contributed by atoms with Gasteiger partial charge in [0, 0.05) is 11.6 Å². The number of sulfone groups is 1. The molecule has 2 aromatic rings. The van der Waals surface area contributed by atoms with Crippen molar-refractivity contribution in [1.29, 1.82) is 0 Å². The maximum atomic E-state index is 14.4. The number of rotatable bonds is 2. The van der Waals surface area contributed by atoms with Gasteiger partial charge in [0.2, 0.25) is 9.84 Å². The van der Waals surface area contributed by atoms with Crippen LogP contribution in [0.3, 0.4) is 0 Å². The third kappa shape index (κ3) is 2.43. The van der Waals surface area contributed by atoms with Crippen LogP contribution in [0.1, 0.15) is 11.7 Å². The molecular formula is C15H7F4NO4S. The SMILES string of the molecule is [C-]#[N+]c1cc(F)cc(Oc2ccc3c(c2F)C(O)C(F)(F)S3(=O)=O)c1. The lowest BCUT2D eigenvalue weighted by Gasteiger charge is -2.13. The average molecular weight is 373 g/mol. The Hall–Kier alpha value is -2.64. The topological polar surface area (TPSA) is 68.0 Å². The van der Waals surface area contributed by atoms with Gasteiger partial charge in [-0.2, -0.15) is 8.78 Å². The molecule has 0 bridgehead atoms. The molecule has 1 aliphatic heterocycles. The predicted octanol–water partition coefficient (Wildman–Crippen LogP) is 3.72. The lowest BCUT2D eigenvalue weighted by Crippen LogP contribution is -2.28. The van der Waals surface area contributed by atoms with Crippen molar-refractivity contribution in [3.8, 4) is 11.5 Å². The van der Waals surface area contributed by atoms with Crippen molar-refractivity contribution in [3.63, 3.8) is 0 Å². The standard InChI is InChI=1S/C15H7F4NO4S/c1-20-8-4-7(16)5-9(6-8)24-10-2-3-11-12(13(10)17)14(21)15(18,19)25(11,22)23/h2-6,14,21H. The largest absolute Gasteiger partial charge is 0.455 e. The monoisotopic (exact) mass is 373 g/mol. The Morgan fingerprint density at radius 1 is 1.20 bits per heavy atom. The molecule has 0 aromatic heterocycles. The maximum Gasteiger partial charge on any atom is 0.379 e. The van der Waals surface area contributed by atoms with Gasteiger partial charge in [0.25, 0.3) is 0 Å². The van der Waals surface area contributed by atoms with E-state index >= 15 is 0 Å². The van der Waals surface area contributed by atoms with E-state index in [-0.39, 0.29) is 11.4 Å². The molecule has 1 unspecified atom stereocenters. The Morgan fingerprint density at radius 3 is 2.52 bits per heavy atom. The molecule has 25 heavy (non-hydrogen) atoms. The summed E-state index contributed by atoms with van der Waals surface area (Å²) in [6, 6.07) is 4.23. The zero-order chi connectivity index (χ0) is 18.6. The second kappa shape index (κ2) is 5.44. The van der Waals surface area contributed by atoms with Gasteiger partial charge in [-0.3, -0.25) is 0 Å². The van der Waals surface area contributed by atoms with E-state index in [2.05, 4.69) is 4.85 Å². The van der Waals surface area contributed by atoms with Gasteiger partial charge in [-0.05, 0) is 24.3 Å². The second-order valence-corrected chi connectivity index (χ2v) is 7.11. The molecule has 1 aliphatic rings. The third-order valence-corrected chi connectivity index (χ3v) is 5.43. The van der Waals surface area contributed by atoms with Crippen LogP contribution in [0.15, 0.2) is 35.2 Å². The van der Waals surface area contributed by atoms with Crippen molar-refractivity contribution in [2.24, 2.45) is 0 Å². The fourth-order valence-electron chi connectivity index (χ4n) is 2.38. The van der Waals surface area contributed by atoms with Crippen molar-refractivity contribution in [3.05, 3.63) is 58.9 Å². The number of halogens is 4. The predicted molar refractivity (Wildman–Crippen MR) is 76.2 cm³/mol. The van der Waals surface area contributed by atoms with Gasteiger partial charge < -0.3 is 9.84 Å². The molecule has 1 atom stereocenters. The molecule has 2 aromatic carbocycles. The zero-order valence-corrected chi connectivity index (χ0v) is 12.8. The highest BCUT2D eigenvalue weighted by Gasteiger charge is 2.61. The number of benzene rings is 2. The number of nitrogens with zero attached hydrogens (tertiary/aromatic N) is 1. The lowest BCUT2D eigenvalue weighted by molar-refractivity contribution is -0.0391. The molecule has 0 saturated carbocycles. The fourth-order valence-corrected chi connectivity index (χ4v) is 3.83. The van der Waals surface area contributed by atoms with Crippen molar-refractivity contribution >= 4 is 15.5 Å². The number of aliphatic hydroxyl groups excluding tert-OH is 1. The van der Waals surface area contributed by atoms with E-state index in [1.807, 2.05) is 0 Å². The van der Waals surface area contributed by atoms with Crippen LogP contribution in [0.4, 0.5) is 23.2 Å². The van der Waals surface area contributed by atoms with Crippen LogP contribution in [0.25, 0.3) is 4.85 Å². The third-order valence-electron chi connectivity index (χ3n) is 3.56. The fraction of sp³-hybridized carbons (Fsp3) is 0.133. The number of hydrogen-bond acceptors (Lipinski definition) is 4. The van der Waals surface area contributed by atoms with Crippen LogP contribution >= 0.6 is 0 Å². The van der Waals surface area contributed by atoms with Crippen LogP contribution in [0, 0.1) is 18.2 Å². The van der Waals surface area contributed by atoms with Crippen LogP contribution in [0.2, 0.25) is 0 Å². The minimum atomic E-state index is -5.24. The molecule has 1 heterocycles. The van der Waals surface area contributed by atoms with Gasteiger partial charge >= 0.3 is 5.25 Å². The van der Waals surface area contributed by atoms with E-state index < -0.39 is 49.0 Å². The first kappa shape index (κ1) is 17.2. The molecule has 0 radical (unpaired) electrons. The molecular weight excluding hydrogens is 366 g/mol. The van der Waals surface area contributed by atoms with Crippen LogP contribution in [-0.4, -0.2) is 18.8 Å². The number of hydrogen-bond donors (Lipinski definition) is 1. The van der Waals surface area contributed by atoms with Crippen molar-refractivity contribution in [2.75, 3.05) is 0 Å². The first-order chi connectivity index (χ1) is 11.6. The molecule has 130 valence electrons. The Bertz CT molecular complexity index is 1030. The van der Waals surface area contributed by atoms with E-state index in [9.17, 15) is 31.1 Å². The summed E-state index contributed by atoms with van der Waals surface area (Å²) in [6.45, 7) is 6.82. The summed E-state index contributed by atoms with van der Waals surface area (Å²) >= 11 is 0. The van der Waals surface area contributed by atoms with Crippen molar-refractivity contribution in [2.45, 2.75) is 16.3 Å². The van der Waals surface area contributed by atoms with Crippen LogP contribution in [-0.2, 0) is 9.84 Å². The van der Waals surface area contributed by atoms with Crippen molar-refractivity contribution in [1.82, 2.24) is 0 Å². The zero-order valence-electron chi connectivity index (χ0n) is 12.0. The van der Waals surface area contributed by atoms with Gasteiger partial charge in [0.1, 0.15) is 11.6 Å². The summed E-state index contributed by atoms with van der Waals surface area (Å²) in [5.41, 5.74) is -1.27. The molecule has 3 rings (SSSR count). The number of aliphatic hydroxyl groups is 1. The molecule has 0 amide bonds. The smallest absolute Gasteiger partial charge is 0.379 e. The molecule has 1 N–H and O–H groups in total. The van der Waals surface area contributed by atoms with Gasteiger partial charge in [-0.1, -0.05) is 0 Å². The first-order valence-electron chi connectivity index (χ1n) is 6.58. The van der Waals surface area contributed by atoms with E-state index in [0.717, 1.165) is 24.3 Å². The number of alkyl halides is 2. The molecule has 0 fully saturated rings. The molecule has 0 saturated heterocycles. The van der Waals surface area contributed by atoms with Crippen LogP contribution in [0.5, 0.6) is 11.5 Å². The van der Waals surface area contributed by atoms with E-state index in [4.69, 9.17) is 11.3 Å². The van der Waals surface area contributed by atoms with Crippen LogP contribution < -0.4 is 4.74 Å². The molecule has 0 aliphatic carbocycles. The normalized spacial score (nSPS) is 19.9. The summed E-state index contributed by atoms with van der Waals surface area (Å²) in [4.78, 5) is 1.94. The van der Waals surface area contributed by atoms with Gasteiger partial charge in [-0.25, -0.2) is 22.0 Å². The first-order valence-corrected chi connectivity index (χ1v) is 8.06. The van der Waals surface area contributed by atoms with E-state index in [1.54, 1.807) is 0 Å². The summed E-state index contributed by atoms with van der Waals surface area (Å²) < 4.78 is 83.5. The highest BCUT2D eigenvalue weighted by atomic mass is 32.2.